The topological polar surface area (TPSA) is 0 Å². The predicted molar refractivity (Wildman–Crippen MR) is 59.9 cm³/mol. The molecule has 0 bridgehead atoms. The van der Waals surface area contributed by atoms with Crippen LogP contribution in [0.3, 0.4) is 0 Å². The fourth-order valence-electron chi connectivity index (χ4n) is 1.69. The zero-order valence-corrected chi connectivity index (χ0v) is 11.9. The van der Waals surface area contributed by atoms with Crippen molar-refractivity contribution in [2.75, 3.05) is 0 Å². The average Bonchev–Trinajstić information content (AvgIpc) is 2.08. The van der Waals surface area contributed by atoms with Crippen LogP contribution in [-0.4, -0.2) is 0 Å². The first-order valence-electron chi connectivity index (χ1n) is 4.50. The average molecular weight is 303 g/mol. The Kier molecular flexibility index (Phi) is 9.48. The summed E-state index contributed by atoms with van der Waals surface area (Å²) >= 11 is 0. The first kappa shape index (κ1) is 20.2. The van der Waals surface area contributed by atoms with Crippen molar-refractivity contribution in [2.45, 2.75) is 41.5 Å². The molecule has 0 fully saturated rings. The summed E-state index contributed by atoms with van der Waals surface area (Å²) in [6.07, 6.45) is 0. The Bertz CT molecular complexity index is 228. The van der Waals surface area contributed by atoms with Gasteiger partial charge in [0.05, 0.1) is 0 Å². The predicted octanol–water partition coefficient (Wildman–Crippen LogP) is 3.84. The van der Waals surface area contributed by atoms with E-state index in [1.165, 1.54) is 33.4 Å². The van der Waals surface area contributed by atoms with E-state index in [1.807, 2.05) is 0 Å². The molecule has 0 saturated heterocycles. The van der Waals surface area contributed by atoms with Crippen molar-refractivity contribution in [3.8, 4) is 0 Å². The van der Waals surface area contributed by atoms with Crippen LogP contribution in [0.2, 0.25) is 0 Å². The first-order chi connectivity index (χ1) is 5.46. The molecule has 1 aromatic rings. The number of benzene rings is 1. The van der Waals surface area contributed by atoms with Crippen molar-refractivity contribution in [3.63, 3.8) is 0 Å². The van der Waals surface area contributed by atoms with Crippen molar-refractivity contribution in [2.24, 2.45) is 0 Å². The summed E-state index contributed by atoms with van der Waals surface area (Å²) in [5.74, 6) is 0. The van der Waals surface area contributed by atoms with E-state index < -0.39 is 0 Å². The monoisotopic (exact) mass is 304 g/mol. The van der Waals surface area contributed by atoms with Gasteiger partial charge in [0.2, 0.25) is 0 Å². The SMILES string of the molecule is Cc1c(C)c(C)c(C)c(C)c1C.F.F.[Ru]. The molecular formula is C12H20F2Ru. The molecule has 0 N–H and O–H groups in total. The van der Waals surface area contributed by atoms with Crippen molar-refractivity contribution < 1.29 is 28.9 Å². The Labute approximate surface area is 104 Å². The molecule has 0 amide bonds. The van der Waals surface area contributed by atoms with Crippen LogP contribution in [0.1, 0.15) is 33.4 Å². The molecule has 0 unspecified atom stereocenters. The van der Waals surface area contributed by atoms with Gasteiger partial charge in [-0.1, -0.05) is 0 Å². The molecule has 0 aliphatic heterocycles. The molecule has 0 nitrogen and oxygen atoms in total. The van der Waals surface area contributed by atoms with Gasteiger partial charge in [0, 0.05) is 19.5 Å². The van der Waals surface area contributed by atoms with Gasteiger partial charge in [-0.15, -0.1) is 0 Å². The van der Waals surface area contributed by atoms with Gasteiger partial charge in [-0.05, 0) is 74.9 Å². The summed E-state index contributed by atoms with van der Waals surface area (Å²) in [6.45, 7) is 13.3. The van der Waals surface area contributed by atoms with Crippen molar-refractivity contribution in [1.82, 2.24) is 0 Å². The van der Waals surface area contributed by atoms with Gasteiger partial charge < -0.3 is 0 Å². The van der Waals surface area contributed by atoms with Gasteiger partial charge in [0.15, 0.2) is 0 Å². The maximum atomic E-state index is 2.21. The third kappa shape index (κ3) is 3.34. The normalized spacial score (nSPS) is 8.40. The van der Waals surface area contributed by atoms with Crippen molar-refractivity contribution in [1.29, 1.82) is 0 Å². The number of hydrogen-bond donors (Lipinski definition) is 0. The first-order valence-corrected chi connectivity index (χ1v) is 4.50. The van der Waals surface area contributed by atoms with E-state index in [1.54, 1.807) is 0 Å². The Morgan fingerprint density at radius 3 is 0.533 bits per heavy atom. The number of hydrogen-bond acceptors (Lipinski definition) is 0. The fourth-order valence-corrected chi connectivity index (χ4v) is 1.69. The molecule has 0 atom stereocenters. The fraction of sp³-hybridized carbons (Fsp3) is 0.500. The Balaban J connectivity index is -0.000000480. The minimum absolute atomic E-state index is 0. The molecule has 0 aromatic heterocycles. The van der Waals surface area contributed by atoms with Gasteiger partial charge in [-0.25, -0.2) is 0 Å². The van der Waals surface area contributed by atoms with Crippen LogP contribution < -0.4 is 0 Å². The molecule has 1 rings (SSSR count). The van der Waals surface area contributed by atoms with E-state index in [0.717, 1.165) is 0 Å². The Morgan fingerprint density at radius 1 is 0.400 bits per heavy atom. The van der Waals surface area contributed by atoms with Crippen molar-refractivity contribution >= 4 is 0 Å². The van der Waals surface area contributed by atoms with E-state index >= 15 is 0 Å². The van der Waals surface area contributed by atoms with Gasteiger partial charge in [0.1, 0.15) is 0 Å². The third-order valence-corrected chi connectivity index (χ3v) is 3.38. The molecule has 0 spiro atoms. The van der Waals surface area contributed by atoms with Crippen LogP contribution in [0.15, 0.2) is 0 Å². The van der Waals surface area contributed by atoms with E-state index in [0.29, 0.717) is 0 Å². The van der Waals surface area contributed by atoms with E-state index in [9.17, 15) is 0 Å². The zero-order chi connectivity index (χ0) is 9.46. The molecule has 0 aliphatic carbocycles. The van der Waals surface area contributed by atoms with Gasteiger partial charge >= 0.3 is 0 Å². The molecule has 90 valence electrons. The van der Waals surface area contributed by atoms with Gasteiger partial charge in [-0.3, -0.25) is 9.41 Å². The standard InChI is InChI=1S/C12H18.2FH.Ru/c1-7-8(2)10(4)12(6)11(5)9(7)3;;;/h1-6H3;2*1H;. The summed E-state index contributed by atoms with van der Waals surface area (Å²) < 4.78 is 0. The molecule has 0 saturated carbocycles. The van der Waals surface area contributed by atoms with E-state index in [4.69, 9.17) is 0 Å². The van der Waals surface area contributed by atoms with Gasteiger partial charge in [0.25, 0.3) is 0 Å². The smallest absolute Gasteiger partial charge is 0 e. The maximum Gasteiger partial charge on any atom is 0 e. The Hall–Kier alpha value is -0.297. The van der Waals surface area contributed by atoms with Crippen molar-refractivity contribution in [3.05, 3.63) is 33.4 Å². The molecule has 0 aliphatic rings. The second kappa shape index (κ2) is 7.06. The van der Waals surface area contributed by atoms with Gasteiger partial charge in [-0.2, -0.15) is 0 Å². The largest absolute Gasteiger partial charge is 0.269 e. The van der Waals surface area contributed by atoms with Crippen LogP contribution in [0.25, 0.3) is 0 Å². The van der Waals surface area contributed by atoms with Crippen LogP contribution in [-0.2, 0) is 19.5 Å². The molecule has 15 heavy (non-hydrogen) atoms. The summed E-state index contributed by atoms with van der Waals surface area (Å²) in [6, 6.07) is 0. The zero-order valence-electron chi connectivity index (χ0n) is 10.2. The second-order valence-electron chi connectivity index (χ2n) is 3.75. The van der Waals surface area contributed by atoms with Crippen LogP contribution >= 0.6 is 0 Å². The number of rotatable bonds is 0. The summed E-state index contributed by atoms with van der Waals surface area (Å²) in [5, 5.41) is 0. The molecule has 1 aromatic carbocycles. The quantitative estimate of drug-likeness (QED) is 0.639. The second-order valence-corrected chi connectivity index (χ2v) is 3.75. The summed E-state index contributed by atoms with van der Waals surface area (Å²) in [4.78, 5) is 0. The maximum absolute atomic E-state index is 2.21. The molecule has 0 radical (unpaired) electrons. The third-order valence-electron chi connectivity index (χ3n) is 3.38. The minimum atomic E-state index is 0. The summed E-state index contributed by atoms with van der Waals surface area (Å²) in [5.41, 5.74) is 8.73. The molecule has 3 heteroatoms. The molecule has 0 heterocycles. The van der Waals surface area contributed by atoms with Crippen LogP contribution in [0, 0.1) is 41.5 Å². The van der Waals surface area contributed by atoms with Crippen LogP contribution in [0.5, 0.6) is 0 Å². The number of halogens is 2. The van der Waals surface area contributed by atoms with E-state index in [2.05, 4.69) is 41.5 Å². The Morgan fingerprint density at radius 2 is 0.467 bits per heavy atom. The van der Waals surface area contributed by atoms with E-state index in [-0.39, 0.29) is 28.9 Å². The summed E-state index contributed by atoms with van der Waals surface area (Å²) in [7, 11) is 0. The molecular weight excluding hydrogens is 283 g/mol. The van der Waals surface area contributed by atoms with Crippen LogP contribution in [0.4, 0.5) is 9.41 Å². The minimum Gasteiger partial charge on any atom is -0.269 e.